The van der Waals surface area contributed by atoms with E-state index in [9.17, 15) is 15.0 Å². The fourth-order valence-corrected chi connectivity index (χ4v) is 3.18. The van der Waals surface area contributed by atoms with Crippen LogP contribution in [-0.4, -0.2) is 96.1 Å². The lowest BCUT2D eigenvalue weighted by molar-refractivity contribution is -0.123. The number of aliphatic hydroxyl groups is 2. The van der Waals surface area contributed by atoms with E-state index in [2.05, 4.69) is 24.1 Å². The van der Waals surface area contributed by atoms with E-state index in [1.807, 2.05) is 4.90 Å². The van der Waals surface area contributed by atoms with E-state index < -0.39 is 6.10 Å². The van der Waals surface area contributed by atoms with Gasteiger partial charge in [0.1, 0.15) is 0 Å². The molecule has 7 heteroatoms. The van der Waals surface area contributed by atoms with Crippen molar-refractivity contribution in [3.8, 4) is 0 Å². The molecule has 2 atom stereocenters. The number of morpholine rings is 1. The first-order valence-corrected chi connectivity index (χ1v) is 8.05. The Morgan fingerprint density at radius 3 is 2.68 bits per heavy atom. The number of hydrogen-bond acceptors (Lipinski definition) is 6. The van der Waals surface area contributed by atoms with E-state index in [4.69, 9.17) is 4.74 Å². The van der Waals surface area contributed by atoms with Gasteiger partial charge in [-0.1, -0.05) is 0 Å². The molecule has 0 unspecified atom stereocenters. The summed E-state index contributed by atoms with van der Waals surface area (Å²) in [4.78, 5) is 16.3. The number of amides is 1. The number of ether oxygens (including phenoxy) is 1. The van der Waals surface area contributed by atoms with Crippen molar-refractivity contribution in [3.05, 3.63) is 0 Å². The summed E-state index contributed by atoms with van der Waals surface area (Å²) < 4.78 is 5.36. The van der Waals surface area contributed by atoms with Gasteiger partial charge in [0.05, 0.1) is 32.5 Å². The van der Waals surface area contributed by atoms with Gasteiger partial charge in [-0.15, -0.1) is 0 Å². The van der Waals surface area contributed by atoms with Gasteiger partial charge in [-0.05, 0) is 20.3 Å². The molecular formula is C15H29N3O4. The third kappa shape index (κ3) is 4.63. The highest BCUT2D eigenvalue weighted by atomic mass is 16.5. The summed E-state index contributed by atoms with van der Waals surface area (Å²) in [5, 5.41) is 21.9. The molecule has 7 nitrogen and oxygen atoms in total. The quantitative estimate of drug-likeness (QED) is 0.561. The van der Waals surface area contributed by atoms with Crippen LogP contribution in [0.5, 0.6) is 0 Å². The second kappa shape index (κ2) is 7.70. The third-order valence-electron chi connectivity index (χ3n) is 4.65. The Morgan fingerprint density at radius 1 is 1.36 bits per heavy atom. The normalized spacial score (nSPS) is 28.0. The molecule has 2 fully saturated rings. The molecule has 3 N–H and O–H groups in total. The van der Waals surface area contributed by atoms with Crippen LogP contribution in [-0.2, 0) is 9.53 Å². The van der Waals surface area contributed by atoms with E-state index >= 15 is 0 Å². The Balaban J connectivity index is 1.77. The molecule has 2 aliphatic rings. The first-order chi connectivity index (χ1) is 10.4. The second-order valence-electron chi connectivity index (χ2n) is 6.84. The number of nitrogens with one attached hydrogen (secondary N) is 1. The number of hydrogen-bond donors (Lipinski definition) is 3. The van der Waals surface area contributed by atoms with Gasteiger partial charge in [0.25, 0.3) is 0 Å². The SMILES string of the molecule is CC(C)(CNC(=O)CN1C[C@@H](O)C[C@H]1CO)N1CCOCC1. The predicted molar refractivity (Wildman–Crippen MR) is 82.6 cm³/mol. The van der Waals surface area contributed by atoms with Crippen molar-refractivity contribution in [1.29, 1.82) is 0 Å². The van der Waals surface area contributed by atoms with Gasteiger partial charge in [-0.3, -0.25) is 14.6 Å². The van der Waals surface area contributed by atoms with Gasteiger partial charge in [0.2, 0.25) is 5.91 Å². The topological polar surface area (TPSA) is 85.3 Å². The van der Waals surface area contributed by atoms with Crippen molar-refractivity contribution < 1.29 is 19.7 Å². The zero-order chi connectivity index (χ0) is 16.2. The molecule has 0 bridgehead atoms. The summed E-state index contributed by atoms with van der Waals surface area (Å²) in [6.07, 6.45) is 0.0815. The smallest absolute Gasteiger partial charge is 0.234 e. The Morgan fingerprint density at radius 2 is 2.05 bits per heavy atom. The van der Waals surface area contributed by atoms with Crippen LogP contribution in [0.15, 0.2) is 0 Å². The molecule has 1 amide bonds. The van der Waals surface area contributed by atoms with Crippen LogP contribution in [0.25, 0.3) is 0 Å². The minimum absolute atomic E-state index is 0.0242. The fraction of sp³-hybridized carbons (Fsp3) is 0.933. The maximum atomic E-state index is 12.1. The molecule has 2 saturated heterocycles. The van der Waals surface area contributed by atoms with Crippen LogP contribution in [0, 0.1) is 0 Å². The number of likely N-dealkylation sites (tertiary alicyclic amines) is 1. The highest BCUT2D eigenvalue weighted by molar-refractivity contribution is 5.78. The maximum Gasteiger partial charge on any atom is 0.234 e. The highest BCUT2D eigenvalue weighted by Crippen LogP contribution is 2.17. The van der Waals surface area contributed by atoms with Gasteiger partial charge in [-0.2, -0.15) is 0 Å². The fourth-order valence-electron chi connectivity index (χ4n) is 3.18. The van der Waals surface area contributed by atoms with Crippen molar-refractivity contribution in [1.82, 2.24) is 15.1 Å². The number of carbonyl (C=O) groups excluding carboxylic acids is 1. The van der Waals surface area contributed by atoms with E-state index in [-0.39, 0.29) is 30.6 Å². The van der Waals surface area contributed by atoms with Crippen LogP contribution >= 0.6 is 0 Å². The van der Waals surface area contributed by atoms with Crippen molar-refractivity contribution in [2.24, 2.45) is 0 Å². The van der Waals surface area contributed by atoms with E-state index in [0.717, 1.165) is 26.3 Å². The standard InChI is InChI=1S/C15H29N3O4/c1-15(2,18-3-5-22-6-4-18)11-16-14(21)9-17-8-13(20)7-12(17)10-19/h12-13,19-20H,3-11H2,1-2H3,(H,16,21)/t12-,13-/m0/s1. The number of rotatable bonds is 6. The minimum atomic E-state index is -0.449. The number of nitrogens with zero attached hydrogens (tertiary/aromatic N) is 2. The van der Waals surface area contributed by atoms with Gasteiger partial charge < -0.3 is 20.3 Å². The van der Waals surface area contributed by atoms with Crippen molar-refractivity contribution >= 4 is 5.91 Å². The highest BCUT2D eigenvalue weighted by Gasteiger charge is 2.32. The first kappa shape index (κ1) is 17.6. The number of carbonyl (C=O) groups is 1. The maximum absolute atomic E-state index is 12.1. The molecule has 0 radical (unpaired) electrons. The van der Waals surface area contributed by atoms with Crippen LogP contribution in [0.1, 0.15) is 20.3 Å². The van der Waals surface area contributed by atoms with Gasteiger partial charge >= 0.3 is 0 Å². The molecule has 0 spiro atoms. The molecule has 0 aromatic rings. The summed E-state index contributed by atoms with van der Waals surface area (Å²) in [5.74, 6) is -0.0612. The van der Waals surface area contributed by atoms with Crippen LogP contribution in [0.2, 0.25) is 0 Å². The van der Waals surface area contributed by atoms with Gasteiger partial charge in [0, 0.05) is 37.8 Å². The zero-order valence-electron chi connectivity index (χ0n) is 13.6. The molecule has 0 aliphatic carbocycles. The van der Waals surface area contributed by atoms with Crippen molar-refractivity contribution in [3.63, 3.8) is 0 Å². The van der Waals surface area contributed by atoms with Crippen molar-refractivity contribution in [2.75, 3.05) is 52.5 Å². The monoisotopic (exact) mass is 315 g/mol. The van der Waals surface area contributed by atoms with Gasteiger partial charge in [-0.25, -0.2) is 0 Å². The molecular weight excluding hydrogens is 286 g/mol. The summed E-state index contributed by atoms with van der Waals surface area (Å²) in [5.41, 5.74) is -0.111. The first-order valence-electron chi connectivity index (χ1n) is 8.05. The number of β-amino-alcohol motifs (C(OH)–C–C–N with tert-alkyl or cyclic N) is 1. The summed E-state index contributed by atoms with van der Waals surface area (Å²) >= 11 is 0. The molecule has 2 aliphatic heterocycles. The van der Waals surface area contributed by atoms with E-state index in [1.165, 1.54) is 0 Å². The zero-order valence-corrected chi connectivity index (χ0v) is 13.6. The van der Waals surface area contributed by atoms with Crippen LogP contribution in [0.4, 0.5) is 0 Å². The average Bonchev–Trinajstić information content (AvgIpc) is 2.86. The summed E-state index contributed by atoms with van der Waals surface area (Å²) in [7, 11) is 0. The number of aliphatic hydroxyl groups excluding tert-OH is 2. The molecule has 2 heterocycles. The molecule has 0 saturated carbocycles. The Bertz CT molecular complexity index is 372. The lowest BCUT2D eigenvalue weighted by Crippen LogP contribution is -2.56. The predicted octanol–water partition coefficient (Wildman–Crippen LogP) is -1.36. The Kier molecular flexibility index (Phi) is 6.17. The molecule has 0 aromatic heterocycles. The Labute approximate surface area is 132 Å². The molecule has 128 valence electrons. The minimum Gasteiger partial charge on any atom is -0.395 e. The average molecular weight is 315 g/mol. The van der Waals surface area contributed by atoms with E-state index in [1.54, 1.807) is 0 Å². The van der Waals surface area contributed by atoms with Crippen molar-refractivity contribution in [2.45, 2.75) is 38.0 Å². The largest absolute Gasteiger partial charge is 0.395 e. The Hall–Kier alpha value is -0.730. The summed E-state index contributed by atoms with van der Waals surface area (Å²) in [6.45, 7) is 8.70. The van der Waals surface area contributed by atoms with E-state index in [0.29, 0.717) is 19.5 Å². The molecule has 22 heavy (non-hydrogen) atoms. The van der Waals surface area contributed by atoms with Crippen LogP contribution < -0.4 is 5.32 Å². The second-order valence-corrected chi connectivity index (χ2v) is 6.84. The van der Waals surface area contributed by atoms with Gasteiger partial charge in [0.15, 0.2) is 0 Å². The lowest BCUT2D eigenvalue weighted by atomic mass is 10.0. The third-order valence-corrected chi connectivity index (χ3v) is 4.65. The summed E-state index contributed by atoms with van der Waals surface area (Å²) in [6, 6.07) is -0.118. The molecule has 0 aromatic carbocycles. The molecule has 2 rings (SSSR count). The van der Waals surface area contributed by atoms with Crippen LogP contribution in [0.3, 0.4) is 0 Å². The lowest BCUT2D eigenvalue weighted by Gasteiger charge is -2.41.